The first kappa shape index (κ1) is 15.2. The van der Waals surface area contributed by atoms with Crippen LogP contribution in [0.1, 0.15) is 28.4 Å². The van der Waals surface area contributed by atoms with Crippen molar-refractivity contribution in [2.24, 2.45) is 7.05 Å². The van der Waals surface area contributed by atoms with Crippen LogP contribution < -0.4 is 0 Å². The summed E-state index contributed by atoms with van der Waals surface area (Å²) in [5.41, 5.74) is 1.21. The first-order valence-corrected chi connectivity index (χ1v) is 8.05. The van der Waals surface area contributed by atoms with E-state index in [1.165, 1.54) is 23.0 Å². The maximum atomic E-state index is 12.4. The van der Waals surface area contributed by atoms with E-state index in [2.05, 4.69) is 5.10 Å². The van der Waals surface area contributed by atoms with Gasteiger partial charge >= 0.3 is 5.97 Å². The van der Waals surface area contributed by atoms with Crippen LogP contribution in [0.5, 0.6) is 0 Å². The number of aryl methyl sites for hydroxylation is 2. The maximum Gasteiger partial charge on any atom is 0.336 e. The minimum absolute atomic E-state index is 0.0148. The van der Waals surface area contributed by atoms with Crippen molar-refractivity contribution >= 4 is 15.8 Å². The van der Waals surface area contributed by atoms with Crippen molar-refractivity contribution in [3.05, 3.63) is 47.3 Å². The summed E-state index contributed by atoms with van der Waals surface area (Å²) in [6.45, 7) is 1.82. The molecule has 6 nitrogen and oxygen atoms in total. The minimum atomic E-state index is -3.60. The Morgan fingerprint density at radius 2 is 2.10 bits per heavy atom. The van der Waals surface area contributed by atoms with E-state index in [-0.39, 0.29) is 16.2 Å². The Morgan fingerprint density at radius 1 is 1.38 bits per heavy atom. The van der Waals surface area contributed by atoms with Crippen LogP contribution in [-0.2, 0) is 29.1 Å². The van der Waals surface area contributed by atoms with Crippen LogP contribution in [0, 0.1) is 0 Å². The first-order valence-electron chi connectivity index (χ1n) is 6.40. The molecule has 1 N–H and O–H groups in total. The lowest BCUT2D eigenvalue weighted by Gasteiger charge is -2.08. The van der Waals surface area contributed by atoms with Gasteiger partial charge in [-0.15, -0.1) is 0 Å². The monoisotopic (exact) mass is 308 g/mol. The van der Waals surface area contributed by atoms with E-state index in [1.807, 2.05) is 6.92 Å². The number of sulfone groups is 1. The molecule has 0 saturated carbocycles. The Balaban J connectivity index is 2.40. The van der Waals surface area contributed by atoms with Crippen molar-refractivity contribution in [2.45, 2.75) is 24.0 Å². The molecular formula is C14H16N2O4S. The summed E-state index contributed by atoms with van der Waals surface area (Å²) < 4.78 is 26.2. The van der Waals surface area contributed by atoms with Gasteiger partial charge in [0, 0.05) is 18.8 Å². The second-order valence-corrected chi connectivity index (χ2v) is 6.75. The van der Waals surface area contributed by atoms with Gasteiger partial charge in [-0.25, -0.2) is 13.2 Å². The average molecular weight is 308 g/mol. The molecule has 1 aromatic carbocycles. The molecule has 21 heavy (non-hydrogen) atoms. The molecule has 0 unspecified atom stereocenters. The third-order valence-corrected chi connectivity index (χ3v) is 4.85. The molecule has 1 heterocycles. The van der Waals surface area contributed by atoms with Gasteiger partial charge in [-0.2, -0.15) is 5.10 Å². The lowest BCUT2D eigenvalue weighted by atomic mass is 10.1. The van der Waals surface area contributed by atoms with Crippen molar-refractivity contribution in [3.8, 4) is 0 Å². The molecular weight excluding hydrogens is 292 g/mol. The second-order valence-electron chi connectivity index (χ2n) is 4.76. The van der Waals surface area contributed by atoms with Crippen LogP contribution in [0.3, 0.4) is 0 Å². The topological polar surface area (TPSA) is 89.3 Å². The summed E-state index contributed by atoms with van der Waals surface area (Å²) >= 11 is 0. The Kier molecular flexibility index (Phi) is 4.13. The van der Waals surface area contributed by atoms with Gasteiger partial charge in [-0.3, -0.25) is 4.68 Å². The van der Waals surface area contributed by atoms with Crippen molar-refractivity contribution in [1.82, 2.24) is 9.78 Å². The largest absolute Gasteiger partial charge is 0.478 e. The van der Waals surface area contributed by atoms with E-state index in [4.69, 9.17) is 0 Å². The number of hydrogen-bond donors (Lipinski definition) is 1. The van der Waals surface area contributed by atoms with Gasteiger partial charge in [0.05, 0.1) is 22.4 Å². The Hall–Kier alpha value is -2.15. The van der Waals surface area contributed by atoms with Gasteiger partial charge in [0.1, 0.15) is 0 Å². The summed E-state index contributed by atoms with van der Waals surface area (Å²) in [6.07, 6.45) is 3.64. The number of carbonyl (C=O) groups is 1. The number of rotatable bonds is 5. The fourth-order valence-electron chi connectivity index (χ4n) is 2.11. The molecule has 0 bridgehead atoms. The SMILES string of the molecule is CCc1ccc(S(=O)(=O)Cc2cnn(C)c2)cc1C(=O)O. The zero-order valence-electron chi connectivity index (χ0n) is 11.8. The smallest absolute Gasteiger partial charge is 0.336 e. The Labute approximate surface area is 123 Å². The standard InChI is InChI=1S/C14H16N2O4S/c1-3-11-4-5-12(6-13(11)14(17)18)21(19,20)9-10-7-15-16(2)8-10/h4-8H,3,9H2,1-2H3,(H,17,18). The van der Waals surface area contributed by atoms with E-state index >= 15 is 0 Å². The van der Waals surface area contributed by atoms with E-state index in [9.17, 15) is 18.3 Å². The molecule has 0 fully saturated rings. The van der Waals surface area contributed by atoms with Crippen LogP contribution in [0.4, 0.5) is 0 Å². The lowest BCUT2D eigenvalue weighted by molar-refractivity contribution is 0.0695. The molecule has 0 aliphatic heterocycles. The quantitative estimate of drug-likeness (QED) is 0.907. The molecule has 2 rings (SSSR count). The minimum Gasteiger partial charge on any atom is -0.478 e. The van der Waals surface area contributed by atoms with Crippen molar-refractivity contribution in [3.63, 3.8) is 0 Å². The Morgan fingerprint density at radius 3 is 2.62 bits per heavy atom. The fraction of sp³-hybridized carbons (Fsp3) is 0.286. The highest BCUT2D eigenvalue weighted by Crippen LogP contribution is 2.20. The van der Waals surface area contributed by atoms with Crippen LogP contribution in [0.15, 0.2) is 35.5 Å². The molecule has 0 aliphatic rings. The highest BCUT2D eigenvalue weighted by atomic mass is 32.2. The normalized spacial score (nSPS) is 11.5. The Bertz CT molecular complexity index is 778. The first-order chi connectivity index (χ1) is 9.83. The molecule has 0 atom stereocenters. The van der Waals surface area contributed by atoms with Crippen LogP contribution >= 0.6 is 0 Å². The van der Waals surface area contributed by atoms with Crippen molar-refractivity contribution < 1.29 is 18.3 Å². The summed E-state index contributed by atoms with van der Waals surface area (Å²) in [4.78, 5) is 11.2. The van der Waals surface area contributed by atoms with E-state index in [1.54, 1.807) is 19.3 Å². The molecule has 0 spiro atoms. The molecule has 1 aromatic heterocycles. The number of hydrogen-bond acceptors (Lipinski definition) is 4. The van der Waals surface area contributed by atoms with Gasteiger partial charge in [0.2, 0.25) is 0 Å². The molecule has 0 saturated heterocycles. The van der Waals surface area contributed by atoms with Crippen molar-refractivity contribution in [1.29, 1.82) is 0 Å². The van der Waals surface area contributed by atoms with Crippen LogP contribution in [0.25, 0.3) is 0 Å². The highest BCUT2D eigenvalue weighted by molar-refractivity contribution is 7.90. The van der Waals surface area contributed by atoms with Gasteiger partial charge < -0.3 is 5.11 Å². The molecule has 7 heteroatoms. The fourth-order valence-corrected chi connectivity index (χ4v) is 3.43. The molecule has 112 valence electrons. The molecule has 0 amide bonds. The number of carboxylic acid groups (broad SMARTS) is 1. The third-order valence-electron chi connectivity index (χ3n) is 3.17. The summed E-state index contributed by atoms with van der Waals surface area (Å²) in [6, 6.07) is 4.24. The average Bonchev–Trinajstić information content (AvgIpc) is 2.82. The summed E-state index contributed by atoms with van der Waals surface area (Å²) in [5, 5.41) is 13.1. The zero-order chi connectivity index (χ0) is 15.6. The molecule has 0 aliphatic carbocycles. The predicted octanol–water partition coefficient (Wildman–Crippen LogP) is 1.65. The summed E-state index contributed by atoms with van der Waals surface area (Å²) in [5.74, 6) is -1.32. The molecule has 2 aromatic rings. The second kappa shape index (κ2) is 5.69. The van der Waals surface area contributed by atoms with E-state index in [0.29, 0.717) is 17.5 Å². The number of aromatic nitrogens is 2. The molecule has 0 radical (unpaired) electrons. The predicted molar refractivity (Wildman–Crippen MR) is 76.9 cm³/mol. The highest BCUT2D eigenvalue weighted by Gasteiger charge is 2.19. The van der Waals surface area contributed by atoms with Gasteiger partial charge in [-0.1, -0.05) is 13.0 Å². The number of carboxylic acids is 1. The van der Waals surface area contributed by atoms with Crippen molar-refractivity contribution in [2.75, 3.05) is 0 Å². The number of benzene rings is 1. The number of nitrogens with zero attached hydrogens (tertiary/aromatic N) is 2. The van der Waals surface area contributed by atoms with Gasteiger partial charge in [0.15, 0.2) is 9.84 Å². The summed E-state index contributed by atoms with van der Waals surface area (Å²) in [7, 11) is -1.89. The van der Waals surface area contributed by atoms with E-state index in [0.717, 1.165) is 0 Å². The third kappa shape index (κ3) is 3.30. The van der Waals surface area contributed by atoms with E-state index < -0.39 is 15.8 Å². The lowest BCUT2D eigenvalue weighted by Crippen LogP contribution is -2.08. The zero-order valence-corrected chi connectivity index (χ0v) is 12.6. The van der Waals surface area contributed by atoms with Gasteiger partial charge in [0.25, 0.3) is 0 Å². The number of aromatic carboxylic acids is 1. The maximum absolute atomic E-state index is 12.4. The van der Waals surface area contributed by atoms with Gasteiger partial charge in [-0.05, 0) is 24.1 Å². The van der Waals surface area contributed by atoms with Crippen LogP contribution in [0.2, 0.25) is 0 Å². The van der Waals surface area contributed by atoms with Crippen LogP contribution in [-0.4, -0.2) is 29.3 Å².